The van der Waals surface area contributed by atoms with E-state index in [1.807, 2.05) is 13.8 Å². The van der Waals surface area contributed by atoms with Gasteiger partial charge in [0.1, 0.15) is 0 Å². The summed E-state index contributed by atoms with van der Waals surface area (Å²) in [7, 11) is -3.46. The number of allylic oxidation sites excluding steroid dienone is 2. The molecule has 18 heavy (non-hydrogen) atoms. The number of amidine groups is 1. The molecule has 0 spiro atoms. The van der Waals surface area contributed by atoms with Crippen LogP contribution in [-0.2, 0) is 14.8 Å². The average molecular weight is 269 g/mol. The van der Waals surface area contributed by atoms with Crippen LogP contribution in [0.1, 0.15) is 13.8 Å². The van der Waals surface area contributed by atoms with Crippen LogP contribution in [0.4, 0.5) is 0 Å². The lowest BCUT2D eigenvalue weighted by Gasteiger charge is -2.28. The first-order chi connectivity index (χ1) is 8.39. The second-order valence-corrected chi connectivity index (χ2v) is 6.20. The summed E-state index contributed by atoms with van der Waals surface area (Å²) in [5, 5.41) is 2.73. The lowest BCUT2D eigenvalue weighted by molar-refractivity contribution is -0.117. The average Bonchev–Trinajstić information content (AvgIpc) is 2.26. The van der Waals surface area contributed by atoms with Crippen LogP contribution in [0.25, 0.3) is 0 Å². The minimum absolute atomic E-state index is 0.0152. The Kier molecular flexibility index (Phi) is 3.25. The number of hydrogen-bond acceptors (Lipinski definition) is 4. The van der Waals surface area contributed by atoms with Crippen LogP contribution in [0, 0.1) is 0 Å². The molecule has 0 fully saturated rings. The summed E-state index contributed by atoms with van der Waals surface area (Å²) in [4.78, 5) is 13.6. The van der Waals surface area contributed by atoms with Crippen molar-refractivity contribution in [2.24, 2.45) is 4.40 Å². The molecule has 98 valence electrons. The van der Waals surface area contributed by atoms with Crippen molar-refractivity contribution >= 4 is 21.8 Å². The predicted molar refractivity (Wildman–Crippen MR) is 68.4 cm³/mol. The van der Waals surface area contributed by atoms with E-state index >= 15 is 0 Å². The number of hydrogen-bond donors (Lipinski definition) is 1. The Bertz CT molecular complexity index is 558. The summed E-state index contributed by atoms with van der Waals surface area (Å²) in [6.07, 6.45) is 5.01. The van der Waals surface area contributed by atoms with Crippen LogP contribution in [0.15, 0.2) is 28.3 Å². The fraction of sp³-hybridized carbons (Fsp3) is 0.455. The zero-order valence-corrected chi connectivity index (χ0v) is 11.1. The second-order valence-electron chi connectivity index (χ2n) is 4.44. The highest BCUT2D eigenvalue weighted by Crippen LogP contribution is 2.17. The Hall–Kier alpha value is -1.63. The number of carbonyl (C=O) groups is 1. The van der Waals surface area contributed by atoms with E-state index in [4.69, 9.17) is 0 Å². The number of nitrogens with one attached hydrogen (secondary N) is 1. The van der Waals surface area contributed by atoms with Crippen molar-refractivity contribution in [3.05, 3.63) is 23.9 Å². The van der Waals surface area contributed by atoms with Crippen LogP contribution in [0.2, 0.25) is 0 Å². The third-order valence-electron chi connectivity index (χ3n) is 2.52. The van der Waals surface area contributed by atoms with Gasteiger partial charge in [0.05, 0.1) is 11.3 Å². The molecule has 0 bridgehead atoms. The van der Waals surface area contributed by atoms with Crippen molar-refractivity contribution in [1.29, 1.82) is 0 Å². The van der Waals surface area contributed by atoms with Gasteiger partial charge in [-0.15, -0.1) is 4.40 Å². The molecular weight excluding hydrogens is 254 g/mol. The largest absolute Gasteiger partial charge is 0.350 e. The maximum absolute atomic E-state index is 12.0. The minimum Gasteiger partial charge on any atom is -0.350 e. The first kappa shape index (κ1) is 12.8. The zero-order valence-electron chi connectivity index (χ0n) is 10.3. The molecule has 0 saturated heterocycles. The van der Waals surface area contributed by atoms with E-state index in [2.05, 4.69) is 9.71 Å². The molecule has 7 heteroatoms. The van der Waals surface area contributed by atoms with Crippen molar-refractivity contribution in [2.75, 3.05) is 12.3 Å². The van der Waals surface area contributed by atoms with Crippen LogP contribution in [-0.4, -0.2) is 43.4 Å². The summed E-state index contributed by atoms with van der Waals surface area (Å²) >= 11 is 0. The van der Waals surface area contributed by atoms with Gasteiger partial charge in [0, 0.05) is 18.8 Å². The molecule has 6 nitrogen and oxygen atoms in total. The lowest BCUT2D eigenvalue weighted by atomic mass is 10.1. The summed E-state index contributed by atoms with van der Waals surface area (Å²) in [6, 6.07) is -0.0152. The van der Waals surface area contributed by atoms with E-state index in [9.17, 15) is 13.2 Å². The highest BCUT2D eigenvalue weighted by molar-refractivity contribution is 7.90. The molecule has 0 aromatic carbocycles. The molecule has 2 aliphatic heterocycles. The molecule has 2 rings (SSSR count). The van der Waals surface area contributed by atoms with Gasteiger partial charge in [-0.05, 0) is 26.0 Å². The van der Waals surface area contributed by atoms with E-state index in [1.54, 1.807) is 23.3 Å². The van der Waals surface area contributed by atoms with Gasteiger partial charge in [0.2, 0.25) is 0 Å². The molecule has 1 amide bonds. The van der Waals surface area contributed by atoms with E-state index in [-0.39, 0.29) is 29.1 Å². The zero-order chi connectivity index (χ0) is 13.3. The van der Waals surface area contributed by atoms with Gasteiger partial charge in [-0.1, -0.05) is 0 Å². The standard InChI is InChI=1S/C11H15N3O3S/c1-8(2)12-11(15)9-4-3-5-14-6-7-18(16,17)13-10(9)14/h3-5,8H,6-7H2,1-2H3,(H,12,15). The Labute approximate surface area is 106 Å². The van der Waals surface area contributed by atoms with Gasteiger partial charge in [0.25, 0.3) is 15.9 Å². The van der Waals surface area contributed by atoms with Gasteiger partial charge in [-0.2, -0.15) is 0 Å². The van der Waals surface area contributed by atoms with Crippen LogP contribution in [0.5, 0.6) is 0 Å². The van der Waals surface area contributed by atoms with Gasteiger partial charge < -0.3 is 10.2 Å². The van der Waals surface area contributed by atoms with Crippen molar-refractivity contribution in [2.45, 2.75) is 19.9 Å². The Morgan fingerprint density at radius 3 is 2.89 bits per heavy atom. The van der Waals surface area contributed by atoms with Gasteiger partial charge in [-0.25, -0.2) is 8.42 Å². The first-order valence-electron chi connectivity index (χ1n) is 5.68. The molecule has 0 aromatic heterocycles. The third-order valence-corrected chi connectivity index (χ3v) is 3.67. The van der Waals surface area contributed by atoms with E-state index in [1.165, 1.54) is 0 Å². The highest BCUT2D eigenvalue weighted by atomic mass is 32.2. The second kappa shape index (κ2) is 4.56. The fourth-order valence-corrected chi connectivity index (χ4v) is 2.72. The van der Waals surface area contributed by atoms with Crippen molar-refractivity contribution in [1.82, 2.24) is 10.2 Å². The summed E-state index contributed by atoms with van der Waals surface area (Å²) in [6.45, 7) is 4.01. The lowest BCUT2D eigenvalue weighted by Crippen LogP contribution is -2.43. The topological polar surface area (TPSA) is 78.8 Å². The monoisotopic (exact) mass is 269 g/mol. The molecule has 0 atom stereocenters. The van der Waals surface area contributed by atoms with Crippen LogP contribution in [0.3, 0.4) is 0 Å². The van der Waals surface area contributed by atoms with Crippen LogP contribution < -0.4 is 5.32 Å². The van der Waals surface area contributed by atoms with Crippen molar-refractivity contribution < 1.29 is 13.2 Å². The third kappa shape index (κ3) is 2.61. The Balaban J connectivity index is 2.35. The number of amides is 1. The molecule has 0 radical (unpaired) electrons. The molecule has 0 aliphatic carbocycles. The number of carbonyl (C=O) groups excluding carboxylic acids is 1. The van der Waals surface area contributed by atoms with Gasteiger partial charge in [0.15, 0.2) is 5.84 Å². The van der Waals surface area contributed by atoms with E-state index < -0.39 is 10.0 Å². The predicted octanol–water partition coefficient (Wildman–Crippen LogP) is 0.00860. The summed E-state index contributed by atoms with van der Waals surface area (Å²) in [5.41, 5.74) is 0.287. The first-order valence-corrected chi connectivity index (χ1v) is 7.29. The number of sulfonamides is 1. The number of fused-ring (bicyclic) bond motifs is 1. The summed E-state index contributed by atoms with van der Waals surface area (Å²) < 4.78 is 26.7. The fourth-order valence-electron chi connectivity index (χ4n) is 1.73. The highest BCUT2D eigenvalue weighted by Gasteiger charge is 2.29. The van der Waals surface area contributed by atoms with Crippen molar-refractivity contribution in [3.63, 3.8) is 0 Å². The van der Waals surface area contributed by atoms with E-state index in [0.29, 0.717) is 6.54 Å². The number of nitrogens with zero attached hydrogens (tertiary/aromatic N) is 2. The van der Waals surface area contributed by atoms with Crippen molar-refractivity contribution in [3.8, 4) is 0 Å². The normalized spacial score (nSPS) is 21.2. The molecular formula is C11H15N3O3S. The van der Waals surface area contributed by atoms with Crippen LogP contribution >= 0.6 is 0 Å². The molecule has 0 saturated carbocycles. The molecule has 1 N–H and O–H groups in total. The molecule has 0 aromatic rings. The Morgan fingerprint density at radius 1 is 1.50 bits per heavy atom. The van der Waals surface area contributed by atoms with Gasteiger partial charge in [-0.3, -0.25) is 4.79 Å². The number of rotatable bonds is 2. The molecule has 2 heterocycles. The quantitative estimate of drug-likeness (QED) is 0.766. The molecule has 2 aliphatic rings. The smallest absolute Gasteiger partial charge is 0.256 e. The minimum atomic E-state index is -3.46. The Morgan fingerprint density at radius 2 is 2.22 bits per heavy atom. The van der Waals surface area contributed by atoms with E-state index in [0.717, 1.165) is 0 Å². The molecule has 0 unspecified atom stereocenters. The maximum Gasteiger partial charge on any atom is 0.256 e. The van der Waals surface area contributed by atoms with Gasteiger partial charge >= 0.3 is 0 Å². The summed E-state index contributed by atoms with van der Waals surface area (Å²) in [5.74, 6) is -0.128. The maximum atomic E-state index is 12.0. The SMILES string of the molecule is CC(C)NC(=O)C1=CC=CN2CCS(=O)(=O)N=C12.